The molecule has 0 radical (unpaired) electrons. The molecule has 1 aliphatic heterocycles. The van der Waals surface area contributed by atoms with Crippen molar-refractivity contribution in [3.63, 3.8) is 0 Å². The van der Waals surface area contributed by atoms with Gasteiger partial charge in [-0.3, -0.25) is 4.79 Å². The predicted molar refractivity (Wildman–Crippen MR) is 56.4 cm³/mol. The van der Waals surface area contributed by atoms with Crippen LogP contribution in [0.1, 0.15) is 6.42 Å². The Labute approximate surface area is 85.5 Å². The molecular weight excluding hydrogens is 200 g/mol. The van der Waals surface area contributed by atoms with E-state index >= 15 is 0 Å². The lowest BCUT2D eigenvalue weighted by molar-refractivity contribution is 0.857. The molecule has 1 saturated heterocycles. The molecule has 76 valence electrons. The summed E-state index contributed by atoms with van der Waals surface area (Å²) in [5, 5.41) is 4.35. The minimum atomic E-state index is -0.189. The first kappa shape index (κ1) is 9.54. The molecule has 14 heavy (non-hydrogen) atoms. The molecule has 0 spiro atoms. The highest BCUT2D eigenvalue weighted by atomic mass is 32.2. The van der Waals surface area contributed by atoms with Crippen molar-refractivity contribution >= 4 is 17.6 Å². The third kappa shape index (κ3) is 2.27. The van der Waals surface area contributed by atoms with Gasteiger partial charge in [0, 0.05) is 17.9 Å². The van der Waals surface area contributed by atoms with Gasteiger partial charge in [-0.25, -0.2) is 4.98 Å². The monoisotopic (exact) mass is 212 g/mol. The number of thioether (sulfide) groups is 1. The van der Waals surface area contributed by atoms with Crippen LogP contribution >= 0.6 is 11.8 Å². The highest BCUT2D eigenvalue weighted by molar-refractivity contribution is 7.99. The van der Waals surface area contributed by atoms with Crippen LogP contribution in [-0.2, 0) is 0 Å². The number of nitrogens with zero attached hydrogens (tertiary/aromatic N) is 1. The summed E-state index contributed by atoms with van der Waals surface area (Å²) in [6.07, 6.45) is 1.10. The molecule has 6 heteroatoms. The lowest BCUT2D eigenvalue weighted by Gasteiger charge is -2.06. The number of aromatic amines is 1. The number of aromatic nitrogens is 2. The van der Waals surface area contributed by atoms with Crippen LogP contribution in [0.2, 0.25) is 0 Å². The van der Waals surface area contributed by atoms with Crippen molar-refractivity contribution < 1.29 is 0 Å². The molecule has 0 bridgehead atoms. The van der Waals surface area contributed by atoms with Gasteiger partial charge in [0.25, 0.3) is 5.56 Å². The van der Waals surface area contributed by atoms with E-state index in [-0.39, 0.29) is 11.4 Å². The largest absolute Gasteiger partial charge is 0.383 e. The van der Waals surface area contributed by atoms with E-state index in [0.29, 0.717) is 10.4 Å². The summed E-state index contributed by atoms with van der Waals surface area (Å²) in [6.45, 7) is 1.99. The zero-order valence-electron chi connectivity index (χ0n) is 7.62. The van der Waals surface area contributed by atoms with Gasteiger partial charge in [-0.15, -0.1) is 0 Å². The molecule has 4 N–H and O–H groups in total. The normalized spacial score (nSPS) is 21.3. The van der Waals surface area contributed by atoms with Crippen molar-refractivity contribution in [3.8, 4) is 0 Å². The minimum absolute atomic E-state index is 0.189. The minimum Gasteiger partial charge on any atom is -0.383 e. The van der Waals surface area contributed by atoms with E-state index in [1.165, 1.54) is 6.07 Å². The smallest absolute Gasteiger partial charge is 0.253 e. The number of H-pyrrole nitrogens is 1. The predicted octanol–water partition coefficient (Wildman–Crippen LogP) is -0.194. The summed E-state index contributed by atoms with van der Waals surface area (Å²) in [5.74, 6) is 0.280. The van der Waals surface area contributed by atoms with Gasteiger partial charge < -0.3 is 16.0 Å². The van der Waals surface area contributed by atoms with Crippen molar-refractivity contribution in [1.82, 2.24) is 15.3 Å². The van der Waals surface area contributed by atoms with Gasteiger partial charge in [0.15, 0.2) is 5.16 Å². The average molecular weight is 212 g/mol. The van der Waals surface area contributed by atoms with E-state index in [2.05, 4.69) is 15.3 Å². The number of anilines is 1. The van der Waals surface area contributed by atoms with Gasteiger partial charge in [-0.1, -0.05) is 11.8 Å². The molecule has 1 aromatic heterocycles. The molecular formula is C8H12N4OS. The lowest BCUT2D eigenvalue weighted by atomic mass is 10.4. The maximum atomic E-state index is 11.1. The molecule has 2 rings (SSSR count). The van der Waals surface area contributed by atoms with Crippen LogP contribution in [0, 0.1) is 0 Å². The fourth-order valence-electron chi connectivity index (χ4n) is 1.40. The third-order valence-corrected chi connectivity index (χ3v) is 3.19. The Bertz CT molecular complexity index is 372. The molecule has 1 aliphatic rings. The zero-order chi connectivity index (χ0) is 9.97. The molecule has 1 fully saturated rings. The van der Waals surface area contributed by atoms with Crippen molar-refractivity contribution in [1.29, 1.82) is 0 Å². The van der Waals surface area contributed by atoms with Gasteiger partial charge in [0.2, 0.25) is 0 Å². The van der Waals surface area contributed by atoms with Gasteiger partial charge in [0.1, 0.15) is 5.82 Å². The van der Waals surface area contributed by atoms with E-state index in [1.54, 1.807) is 11.8 Å². The molecule has 2 heterocycles. The summed E-state index contributed by atoms with van der Waals surface area (Å²) in [6, 6.07) is 1.29. The highest BCUT2D eigenvalue weighted by Gasteiger charge is 2.16. The second-order valence-corrected chi connectivity index (χ2v) is 4.50. The Kier molecular flexibility index (Phi) is 2.74. The molecule has 0 saturated carbocycles. The topological polar surface area (TPSA) is 83.8 Å². The Morgan fingerprint density at radius 2 is 2.50 bits per heavy atom. The van der Waals surface area contributed by atoms with E-state index in [4.69, 9.17) is 5.73 Å². The second kappa shape index (κ2) is 4.02. The van der Waals surface area contributed by atoms with E-state index in [9.17, 15) is 4.79 Å². The summed E-state index contributed by atoms with van der Waals surface area (Å²) < 4.78 is 0. The summed E-state index contributed by atoms with van der Waals surface area (Å²) in [7, 11) is 0. The van der Waals surface area contributed by atoms with Gasteiger partial charge in [-0.05, 0) is 13.0 Å². The molecule has 1 unspecified atom stereocenters. The van der Waals surface area contributed by atoms with E-state index in [0.717, 1.165) is 19.5 Å². The summed E-state index contributed by atoms with van der Waals surface area (Å²) in [5.41, 5.74) is 5.28. The Morgan fingerprint density at radius 1 is 1.64 bits per heavy atom. The Morgan fingerprint density at radius 3 is 3.14 bits per heavy atom. The standard InChI is InChI=1S/C8H12N4OS/c9-6-3-7(13)12-8(11-6)14-5-1-2-10-4-5/h3,5,10H,1-2,4H2,(H3,9,11,12,13). The van der Waals surface area contributed by atoms with Crippen LogP contribution in [0.25, 0.3) is 0 Å². The number of nitrogens with one attached hydrogen (secondary N) is 2. The first-order chi connectivity index (χ1) is 6.74. The van der Waals surface area contributed by atoms with Crippen LogP contribution in [0.15, 0.2) is 16.0 Å². The number of nitrogen functional groups attached to an aromatic ring is 1. The van der Waals surface area contributed by atoms with E-state index in [1.807, 2.05) is 0 Å². The Balaban J connectivity index is 2.11. The molecule has 0 aliphatic carbocycles. The van der Waals surface area contributed by atoms with Crippen molar-refractivity contribution in [3.05, 3.63) is 16.4 Å². The molecule has 0 aromatic carbocycles. The fraction of sp³-hybridized carbons (Fsp3) is 0.500. The lowest BCUT2D eigenvalue weighted by Crippen LogP contribution is -2.13. The first-order valence-electron chi connectivity index (χ1n) is 4.48. The third-order valence-electron chi connectivity index (χ3n) is 2.03. The molecule has 5 nitrogen and oxygen atoms in total. The van der Waals surface area contributed by atoms with Crippen LogP contribution < -0.4 is 16.6 Å². The summed E-state index contributed by atoms with van der Waals surface area (Å²) in [4.78, 5) is 17.8. The van der Waals surface area contributed by atoms with Crippen molar-refractivity contribution in [2.45, 2.75) is 16.8 Å². The molecule has 1 aromatic rings. The highest BCUT2D eigenvalue weighted by Crippen LogP contribution is 2.23. The quantitative estimate of drug-likeness (QED) is 0.592. The number of rotatable bonds is 2. The van der Waals surface area contributed by atoms with Crippen LogP contribution in [-0.4, -0.2) is 28.3 Å². The second-order valence-electron chi connectivity index (χ2n) is 3.21. The van der Waals surface area contributed by atoms with E-state index < -0.39 is 0 Å². The van der Waals surface area contributed by atoms with Crippen LogP contribution in [0.5, 0.6) is 0 Å². The average Bonchev–Trinajstić information content (AvgIpc) is 2.54. The van der Waals surface area contributed by atoms with Gasteiger partial charge >= 0.3 is 0 Å². The molecule has 1 atom stereocenters. The SMILES string of the molecule is Nc1cc(=O)[nH]c(SC2CCNC2)n1. The van der Waals surface area contributed by atoms with Gasteiger partial charge in [-0.2, -0.15) is 0 Å². The van der Waals surface area contributed by atoms with Crippen molar-refractivity contribution in [2.75, 3.05) is 18.8 Å². The maximum Gasteiger partial charge on any atom is 0.253 e. The zero-order valence-corrected chi connectivity index (χ0v) is 8.43. The van der Waals surface area contributed by atoms with Crippen LogP contribution in [0.3, 0.4) is 0 Å². The summed E-state index contributed by atoms with van der Waals surface area (Å²) >= 11 is 1.57. The number of hydrogen-bond donors (Lipinski definition) is 3. The maximum absolute atomic E-state index is 11.1. The van der Waals surface area contributed by atoms with Crippen molar-refractivity contribution in [2.24, 2.45) is 0 Å². The first-order valence-corrected chi connectivity index (χ1v) is 5.36. The fourth-order valence-corrected chi connectivity index (χ4v) is 2.47. The number of nitrogens with two attached hydrogens (primary N) is 1. The van der Waals surface area contributed by atoms with Gasteiger partial charge in [0.05, 0.1) is 0 Å². The van der Waals surface area contributed by atoms with Crippen LogP contribution in [0.4, 0.5) is 5.82 Å². The molecule has 0 amide bonds. The number of hydrogen-bond acceptors (Lipinski definition) is 5. The Hall–Kier alpha value is -1.01.